The summed E-state index contributed by atoms with van der Waals surface area (Å²) in [6, 6.07) is 14.2. The van der Waals surface area contributed by atoms with E-state index in [0.29, 0.717) is 22.4 Å². The minimum atomic E-state index is -3.34. The molecule has 3 aromatic rings. The molecule has 0 atom stereocenters. The molecule has 0 amide bonds. The average Bonchev–Trinajstić information content (AvgIpc) is 2.68. The van der Waals surface area contributed by atoms with Gasteiger partial charge >= 0.3 is 0 Å². The Morgan fingerprint density at radius 3 is 2.28 bits per heavy atom. The Kier molecular flexibility index (Phi) is 6.32. The van der Waals surface area contributed by atoms with E-state index < -0.39 is 10.0 Å². The second-order valence-electron chi connectivity index (χ2n) is 8.90. The van der Waals surface area contributed by atoms with Crippen molar-refractivity contribution in [1.29, 1.82) is 0 Å². The van der Waals surface area contributed by atoms with Gasteiger partial charge in [0.2, 0.25) is 10.0 Å². The van der Waals surface area contributed by atoms with Crippen LogP contribution >= 0.6 is 0 Å². The molecule has 0 bridgehead atoms. The molecule has 0 fully saturated rings. The largest absolute Gasteiger partial charge is 0.507 e. The van der Waals surface area contributed by atoms with Gasteiger partial charge in [-0.15, -0.1) is 0 Å². The Labute approximate surface area is 188 Å². The third kappa shape index (κ3) is 5.48. The third-order valence-electron chi connectivity index (χ3n) is 5.13. The van der Waals surface area contributed by atoms with Crippen LogP contribution < -0.4 is 10.3 Å². The first-order valence-electron chi connectivity index (χ1n) is 10.2. The maximum absolute atomic E-state index is 12.4. The molecule has 0 aliphatic carbocycles. The Balaban J connectivity index is 2.10. The van der Waals surface area contributed by atoms with E-state index in [1.54, 1.807) is 30.5 Å². The molecule has 2 aromatic carbocycles. The molecule has 7 heteroatoms. The highest BCUT2D eigenvalue weighted by atomic mass is 32.2. The van der Waals surface area contributed by atoms with Gasteiger partial charge < -0.3 is 10.1 Å². The monoisotopic (exact) mass is 452 g/mol. The fraction of sp³-hybridized carbons (Fsp3) is 0.240. The number of rotatable bonds is 5. The van der Waals surface area contributed by atoms with E-state index >= 15 is 0 Å². The number of aromatic nitrogens is 1. The second-order valence-corrected chi connectivity index (χ2v) is 10.7. The first-order valence-corrected chi connectivity index (χ1v) is 12.1. The number of aromatic amines is 1. The molecule has 0 saturated heterocycles. The number of aromatic hydroxyl groups is 1. The van der Waals surface area contributed by atoms with Crippen LogP contribution in [0.4, 0.5) is 5.69 Å². The number of sulfonamides is 1. The summed E-state index contributed by atoms with van der Waals surface area (Å²) in [6.07, 6.45) is 4.53. The standard InChI is InChI=1S/C25H28N2O4S/c1-16(17-8-10-20(11-9-17)27-32(5,30)31)13-18-14-19(25(2,3)4)15-22(23(18)28)21-7-6-12-26-24(21)29/h6-15,27-28H,1-5H3,(H,26,29). The maximum atomic E-state index is 12.4. The SMILES string of the molecule is CC(=Cc1cc(C(C)(C)C)cc(-c2ccc[nH]c2=O)c1O)c1ccc(NS(C)(=O)=O)cc1. The highest BCUT2D eigenvalue weighted by Gasteiger charge is 2.20. The topological polar surface area (TPSA) is 99.3 Å². The van der Waals surface area contributed by atoms with Crippen LogP contribution in [-0.2, 0) is 15.4 Å². The Bertz CT molecular complexity index is 1330. The summed E-state index contributed by atoms with van der Waals surface area (Å²) in [5.74, 6) is 0.0319. The number of benzene rings is 2. The maximum Gasteiger partial charge on any atom is 0.255 e. The van der Waals surface area contributed by atoms with Crippen molar-refractivity contribution in [2.75, 3.05) is 11.0 Å². The molecule has 3 rings (SSSR count). The van der Waals surface area contributed by atoms with E-state index in [2.05, 4.69) is 30.5 Å². The Morgan fingerprint density at radius 2 is 1.72 bits per heavy atom. The van der Waals surface area contributed by atoms with Crippen LogP contribution in [0.2, 0.25) is 0 Å². The number of phenolic OH excluding ortho intramolecular Hbond substituents is 1. The first kappa shape index (κ1) is 23.3. The average molecular weight is 453 g/mol. The van der Waals surface area contributed by atoms with E-state index in [1.807, 2.05) is 37.3 Å². The van der Waals surface area contributed by atoms with Crippen LogP contribution in [0, 0.1) is 0 Å². The van der Waals surface area contributed by atoms with Crippen molar-refractivity contribution < 1.29 is 13.5 Å². The molecule has 3 N–H and O–H groups in total. The van der Waals surface area contributed by atoms with Crippen LogP contribution in [0.3, 0.4) is 0 Å². The molecule has 0 radical (unpaired) electrons. The van der Waals surface area contributed by atoms with Gasteiger partial charge in [0.05, 0.1) is 11.8 Å². The minimum absolute atomic E-state index is 0.0319. The fourth-order valence-electron chi connectivity index (χ4n) is 3.37. The lowest BCUT2D eigenvalue weighted by Crippen LogP contribution is -2.13. The van der Waals surface area contributed by atoms with Crippen LogP contribution in [0.15, 0.2) is 59.5 Å². The number of pyridine rings is 1. The number of H-pyrrole nitrogens is 1. The minimum Gasteiger partial charge on any atom is -0.507 e. The van der Waals surface area contributed by atoms with Crippen LogP contribution in [0.25, 0.3) is 22.8 Å². The third-order valence-corrected chi connectivity index (χ3v) is 5.74. The van der Waals surface area contributed by atoms with Gasteiger partial charge in [-0.25, -0.2) is 8.42 Å². The molecule has 32 heavy (non-hydrogen) atoms. The number of hydrogen-bond donors (Lipinski definition) is 3. The van der Waals surface area contributed by atoms with E-state index in [9.17, 15) is 18.3 Å². The zero-order valence-corrected chi connectivity index (χ0v) is 19.7. The number of hydrogen-bond acceptors (Lipinski definition) is 4. The molecular weight excluding hydrogens is 424 g/mol. The zero-order chi connectivity index (χ0) is 23.7. The van der Waals surface area contributed by atoms with Crippen molar-refractivity contribution in [3.8, 4) is 16.9 Å². The van der Waals surface area contributed by atoms with Crippen LogP contribution in [-0.4, -0.2) is 24.8 Å². The summed E-state index contributed by atoms with van der Waals surface area (Å²) < 4.78 is 25.3. The van der Waals surface area contributed by atoms with Gasteiger partial charge in [0.15, 0.2) is 0 Å². The van der Waals surface area contributed by atoms with Crippen molar-refractivity contribution in [3.05, 3.63) is 81.8 Å². The van der Waals surface area contributed by atoms with E-state index in [0.717, 1.165) is 23.0 Å². The number of allylic oxidation sites excluding steroid dienone is 1. The predicted octanol–water partition coefficient (Wildman–Crippen LogP) is 4.98. The van der Waals surface area contributed by atoms with Crippen LogP contribution in [0.1, 0.15) is 44.4 Å². The predicted molar refractivity (Wildman–Crippen MR) is 131 cm³/mol. The van der Waals surface area contributed by atoms with E-state index in [4.69, 9.17) is 0 Å². The zero-order valence-electron chi connectivity index (χ0n) is 18.9. The van der Waals surface area contributed by atoms with Gasteiger partial charge in [0.25, 0.3) is 5.56 Å². The van der Waals surface area contributed by atoms with Gasteiger partial charge in [-0.2, -0.15) is 0 Å². The summed E-state index contributed by atoms with van der Waals surface area (Å²) in [5, 5.41) is 11.1. The van der Waals surface area contributed by atoms with Gasteiger partial charge in [-0.3, -0.25) is 9.52 Å². The lowest BCUT2D eigenvalue weighted by molar-refractivity contribution is 0.474. The van der Waals surface area contributed by atoms with Crippen molar-refractivity contribution >= 4 is 27.4 Å². The van der Waals surface area contributed by atoms with Crippen molar-refractivity contribution in [2.45, 2.75) is 33.1 Å². The summed E-state index contributed by atoms with van der Waals surface area (Å²) in [5.41, 5.74) is 4.24. The highest BCUT2D eigenvalue weighted by molar-refractivity contribution is 7.92. The second kappa shape index (κ2) is 8.67. The van der Waals surface area contributed by atoms with Gasteiger partial charge in [0, 0.05) is 23.0 Å². The lowest BCUT2D eigenvalue weighted by Gasteiger charge is -2.22. The summed E-state index contributed by atoms with van der Waals surface area (Å²) in [7, 11) is -3.34. The Morgan fingerprint density at radius 1 is 1.06 bits per heavy atom. The summed E-state index contributed by atoms with van der Waals surface area (Å²) in [4.78, 5) is 15.0. The van der Waals surface area contributed by atoms with Crippen molar-refractivity contribution in [1.82, 2.24) is 4.98 Å². The number of phenols is 1. The molecule has 1 heterocycles. The number of nitrogens with one attached hydrogen (secondary N) is 2. The van der Waals surface area contributed by atoms with Crippen molar-refractivity contribution in [3.63, 3.8) is 0 Å². The molecule has 0 spiro atoms. The summed E-state index contributed by atoms with van der Waals surface area (Å²) >= 11 is 0. The Hall–Kier alpha value is -3.32. The van der Waals surface area contributed by atoms with Gasteiger partial charge in [0.1, 0.15) is 5.75 Å². The molecule has 0 saturated carbocycles. The van der Waals surface area contributed by atoms with Crippen LogP contribution in [0.5, 0.6) is 5.75 Å². The lowest BCUT2D eigenvalue weighted by atomic mass is 9.83. The molecule has 168 valence electrons. The smallest absolute Gasteiger partial charge is 0.255 e. The van der Waals surface area contributed by atoms with Gasteiger partial charge in [-0.05, 0) is 71.5 Å². The molecule has 1 aromatic heterocycles. The number of anilines is 1. The molecule has 6 nitrogen and oxygen atoms in total. The molecule has 0 aliphatic rings. The van der Waals surface area contributed by atoms with E-state index in [-0.39, 0.29) is 16.7 Å². The molecular formula is C25H28N2O4S. The highest BCUT2D eigenvalue weighted by Crippen LogP contribution is 2.37. The fourth-order valence-corrected chi connectivity index (χ4v) is 3.93. The quantitative estimate of drug-likeness (QED) is 0.476. The van der Waals surface area contributed by atoms with Gasteiger partial charge in [-0.1, -0.05) is 32.9 Å². The first-order chi connectivity index (χ1) is 14.8. The van der Waals surface area contributed by atoms with E-state index in [1.165, 1.54) is 0 Å². The molecule has 0 aliphatic heterocycles. The molecule has 0 unspecified atom stereocenters. The van der Waals surface area contributed by atoms with Crippen molar-refractivity contribution in [2.24, 2.45) is 0 Å². The normalized spacial score (nSPS) is 12.6. The summed E-state index contributed by atoms with van der Waals surface area (Å²) in [6.45, 7) is 8.14.